The molecule has 11 heteroatoms. The zero-order valence-electron chi connectivity index (χ0n) is 24.7. The predicted octanol–water partition coefficient (Wildman–Crippen LogP) is 5.45. The molecule has 3 amide bonds. The number of amides is 3. The Bertz CT molecular complexity index is 1260. The molecule has 0 bridgehead atoms. The molecule has 42 heavy (non-hydrogen) atoms. The number of carbonyl (C=O) groups is 4. The van der Waals surface area contributed by atoms with E-state index in [9.17, 15) is 23.7 Å². The summed E-state index contributed by atoms with van der Waals surface area (Å²) < 4.78 is 30.8. The van der Waals surface area contributed by atoms with Crippen molar-refractivity contribution in [2.24, 2.45) is 0 Å². The van der Waals surface area contributed by atoms with Crippen molar-refractivity contribution in [3.05, 3.63) is 84.4 Å². The van der Waals surface area contributed by atoms with Crippen LogP contribution in [0.25, 0.3) is 0 Å². The number of esters is 1. The standard InChI is InChI=1S/C31H39N2O8P/c1-7-10-21-24-25(33(26(34)22-17-13-11-14-18-22)27(35)23-19-15-12-16-20-23)28(36)32(24)29(30(37)41-31(4,5)6)42(38,39-8-2)40-9-3/h7,11-20,24-25,29H,1,8-10,21H2,2-6H3/t24-,25+,29?/m1/s1. The maximum atomic E-state index is 14.1. The summed E-state index contributed by atoms with van der Waals surface area (Å²) in [5, 5.41) is 0. The molecule has 1 aliphatic heterocycles. The van der Waals surface area contributed by atoms with Crippen LogP contribution in [0.2, 0.25) is 0 Å². The molecule has 0 radical (unpaired) electrons. The zero-order valence-corrected chi connectivity index (χ0v) is 25.6. The molecule has 1 fully saturated rings. The Morgan fingerprint density at radius 3 is 1.83 bits per heavy atom. The molecule has 1 saturated heterocycles. The average molecular weight is 599 g/mol. The lowest BCUT2D eigenvalue weighted by molar-refractivity contribution is -0.174. The van der Waals surface area contributed by atoms with Gasteiger partial charge in [0.25, 0.3) is 11.8 Å². The van der Waals surface area contributed by atoms with Crippen LogP contribution >= 0.6 is 7.60 Å². The van der Waals surface area contributed by atoms with E-state index in [0.717, 1.165) is 9.80 Å². The van der Waals surface area contributed by atoms with Crippen LogP contribution in [0.5, 0.6) is 0 Å². The number of likely N-dealkylation sites (tertiary alicyclic amines) is 1. The van der Waals surface area contributed by atoms with E-state index >= 15 is 0 Å². The van der Waals surface area contributed by atoms with Gasteiger partial charge in [-0.15, -0.1) is 6.58 Å². The first-order chi connectivity index (χ1) is 19.9. The van der Waals surface area contributed by atoms with Crippen LogP contribution in [0, 0.1) is 0 Å². The summed E-state index contributed by atoms with van der Waals surface area (Å²) in [5.74, 6) is -4.85. The Hall–Kier alpha value is -3.59. The highest BCUT2D eigenvalue weighted by atomic mass is 31.2. The molecular weight excluding hydrogens is 559 g/mol. The average Bonchev–Trinajstić information content (AvgIpc) is 2.95. The largest absolute Gasteiger partial charge is 0.458 e. The minimum absolute atomic E-state index is 0.0650. The maximum Gasteiger partial charge on any atom is 0.364 e. The van der Waals surface area contributed by atoms with E-state index in [1.807, 2.05) is 0 Å². The lowest BCUT2D eigenvalue weighted by atomic mass is 9.88. The smallest absolute Gasteiger partial charge is 0.364 e. The first-order valence-electron chi connectivity index (χ1n) is 13.9. The Kier molecular flexibility index (Phi) is 11.0. The number of benzene rings is 2. The van der Waals surface area contributed by atoms with Gasteiger partial charge in [0.15, 0.2) is 0 Å². The quantitative estimate of drug-likeness (QED) is 0.0982. The third-order valence-corrected chi connectivity index (χ3v) is 8.75. The Morgan fingerprint density at radius 2 is 1.43 bits per heavy atom. The molecule has 0 aromatic heterocycles. The lowest BCUT2D eigenvalue weighted by Crippen LogP contribution is -2.75. The van der Waals surface area contributed by atoms with Gasteiger partial charge in [0.05, 0.1) is 19.3 Å². The van der Waals surface area contributed by atoms with E-state index < -0.39 is 54.8 Å². The van der Waals surface area contributed by atoms with E-state index in [1.54, 1.807) is 101 Å². The monoisotopic (exact) mass is 598 g/mol. The highest BCUT2D eigenvalue weighted by molar-refractivity contribution is 7.55. The van der Waals surface area contributed by atoms with Gasteiger partial charge in [0.2, 0.25) is 11.7 Å². The first-order valence-corrected chi connectivity index (χ1v) is 15.5. The highest BCUT2D eigenvalue weighted by Crippen LogP contribution is 2.57. The summed E-state index contributed by atoms with van der Waals surface area (Å²) in [6.07, 6.45) is 2.19. The molecule has 0 aliphatic carbocycles. The summed E-state index contributed by atoms with van der Waals surface area (Å²) >= 11 is 0. The van der Waals surface area contributed by atoms with E-state index in [1.165, 1.54) is 0 Å². The molecule has 1 heterocycles. The summed E-state index contributed by atoms with van der Waals surface area (Å²) in [6, 6.07) is 14.1. The van der Waals surface area contributed by atoms with Crippen molar-refractivity contribution in [2.45, 2.75) is 70.9 Å². The van der Waals surface area contributed by atoms with Crippen LogP contribution in [0.15, 0.2) is 73.3 Å². The van der Waals surface area contributed by atoms with Crippen molar-refractivity contribution >= 4 is 31.3 Å². The molecular formula is C31H39N2O8P. The van der Waals surface area contributed by atoms with E-state index in [-0.39, 0.29) is 30.8 Å². The Balaban J connectivity index is 2.17. The van der Waals surface area contributed by atoms with E-state index in [2.05, 4.69) is 6.58 Å². The topological polar surface area (TPSA) is 120 Å². The lowest BCUT2D eigenvalue weighted by Gasteiger charge is -2.53. The molecule has 0 spiro atoms. The van der Waals surface area contributed by atoms with Gasteiger partial charge in [0, 0.05) is 11.1 Å². The van der Waals surface area contributed by atoms with Crippen molar-refractivity contribution < 1.29 is 37.5 Å². The van der Waals surface area contributed by atoms with E-state index in [4.69, 9.17) is 13.8 Å². The molecule has 3 atom stereocenters. The summed E-state index contributed by atoms with van der Waals surface area (Å²) in [7, 11) is -4.30. The second-order valence-corrected chi connectivity index (χ2v) is 12.7. The van der Waals surface area contributed by atoms with Crippen LogP contribution in [0.1, 0.15) is 68.2 Å². The normalized spacial score (nSPS) is 17.6. The summed E-state index contributed by atoms with van der Waals surface area (Å²) in [5.41, 5.74) is -0.580. The van der Waals surface area contributed by atoms with Crippen molar-refractivity contribution in [1.82, 2.24) is 9.80 Å². The molecule has 0 N–H and O–H groups in total. The molecule has 226 valence electrons. The van der Waals surface area contributed by atoms with Crippen molar-refractivity contribution in [3.63, 3.8) is 0 Å². The minimum atomic E-state index is -4.30. The van der Waals surface area contributed by atoms with Crippen LogP contribution < -0.4 is 0 Å². The number of nitrogens with zero attached hydrogens (tertiary/aromatic N) is 2. The van der Waals surface area contributed by atoms with Crippen LogP contribution in [-0.2, 0) is 27.9 Å². The van der Waals surface area contributed by atoms with Crippen molar-refractivity contribution in [1.29, 1.82) is 0 Å². The number of carbonyl (C=O) groups excluding carboxylic acids is 4. The fourth-order valence-corrected chi connectivity index (χ4v) is 6.77. The zero-order chi connectivity index (χ0) is 31.1. The van der Waals surface area contributed by atoms with Crippen molar-refractivity contribution in [2.75, 3.05) is 13.2 Å². The van der Waals surface area contributed by atoms with Crippen LogP contribution in [0.4, 0.5) is 0 Å². The third kappa shape index (κ3) is 7.24. The van der Waals surface area contributed by atoms with Gasteiger partial charge < -0.3 is 18.7 Å². The van der Waals surface area contributed by atoms with Crippen LogP contribution in [-0.4, -0.2) is 70.2 Å². The molecule has 1 aliphatic rings. The molecule has 3 rings (SSSR count). The Labute approximate surface area is 247 Å². The SMILES string of the molecule is C=CCC[C@@H]1[C@H](N(C(=O)c2ccccc2)C(=O)c2ccccc2)C(=O)N1C(C(=O)OC(C)(C)C)P(=O)(OCC)OCC. The van der Waals surface area contributed by atoms with Gasteiger partial charge >= 0.3 is 13.6 Å². The summed E-state index contributed by atoms with van der Waals surface area (Å²) in [4.78, 5) is 57.5. The third-order valence-electron chi connectivity index (χ3n) is 6.45. The highest BCUT2D eigenvalue weighted by Gasteiger charge is 2.62. The number of imide groups is 1. The fourth-order valence-electron chi connectivity index (χ4n) is 4.79. The fraction of sp³-hybridized carbons (Fsp3) is 0.419. The molecule has 2 aromatic carbocycles. The van der Waals surface area contributed by atoms with Gasteiger partial charge in [-0.25, -0.2) is 4.79 Å². The van der Waals surface area contributed by atoms with Gasteiger partial charge in [-0.1, -0.05) is 42.5 Å². The van der Waals surface area contributed by atoms with Gasteiger partial charge in [0.1, 0.15) is 11.6 Å². The maximum absolute atomic E-state index is 14.1. The number of rotatable bonds is 13. The van der Waals surface area contributed by atoms with Gasteiger partial charge in [-0.05, 0) is 71.7 Å². The number of hydrogen-bond acceptors (Lipinski definition) is 8. The van der Waals surface area contributed by atoms with Crippen LogP contribution in [0.3, 0.4) is 0 Å². The number of ether oxygens (including phenoxy) is 1. The number of allylic oxidation sites excluding steroid dienone is 1. The number of β-lactam (4-membered cyclic amide) rings is 1. The van der Waals surface area contributed by atoms with E-state index in [0.29, 0.717) is 6.42 Å². The molecule has 0 saturated carbocycles. The molecule has 2 aromatic rings. The minimum Gasteiger partial charge on any atom is -0.458 e. The second kappa shape index (κ2) is 14.1. The van der Waals surface area contributed by atoms with Gasteiger partial charge in [-0.3, -0.25) is 23.8 Å². The van der Waals surface area contributed by atoms with Gasteiger partial charge in [-0.2, -0.15) is 0 Å². The second-order valence-electron chi connectivity index (χ2n) is 10.6. The molecule has 10 nitrogen and oxygen atoms in total. The van der Waals surface area contributed by atoms with Crippen molar-refractivity contribution in [3.8, 4) is 0 Å². The molecule has 1 unspecified atom stereocenters. The predicted molar refractivity (Wildman–Crippen MR) is 158 cm³/mol. The number of hydrogen-bond donors (Lipinski definition) is 0. The summed E-state index contributed by atoms with van der Waals surface area (Å²) in [6.45, 7) is 11.7. The Morgan fingerprint density at radius 1 is 0.952 bits per heavy atom. The first kappa shape index (κ1) is 32.9.